The number of rotatable bonds is 5. The molecule has 0 radical (unpaired) electrons. The van der Waals surface area contributed by atoms with Crippen LogP contribution in [0, 0.1) is 0 Å². The maximum Gasteiger partial charge on any atom is 0.233 e. The summed E-state index contributed by atoms with van der Waals surface area (Å²) in [4.78, 5) is 16.3. The van der Waals surface area contributed by atoms with Crippen molar-refractivity contribution < 1.29 is 4.79 Å². The van der Waals surface area contributed by atoms with Gasteiger partial charge in [-0.15, -0.1) is 16.4 Å². The highest BCUT2D eigenvalue weighted by Crippen LogP contribution is 2.36. The molecule has 134 valence electrons. The molecule has 1 unspecified atom stereocenters. The quantitative estimate of drug-likeness (QED) is 0.747. The topological polar surface area (TPSA) is 63.9 Å². The van der Waals surface area contributed by atoms with Gasteiger partial charge in [0.15, 0.2) is 0 Å². The summed E-state index contributed by atoms with van der Waals surface area (Å²) in [7, 11) is 0. The minimum atomic E-state index is 0.190. The average molecular weight is 378 g/mol. The van der Waals surface area contributed by atoms with Crippen LogP contribution in [0.4, 0.5) is 0 Å². The molecule has 3 heterocycles. The Kier molecular flexibility index (Phi) is 5.08. The van der Waals surface area contributed by atoms with Gasteiger partial charge < -0.3 is 4.90 Å². The van der Waals surface area contributed by atoms with Gasteiger partial charge in [0.25, 0.3) is 0 Å². The zero-order valence-corrected chi connectivity index (χ0v) is 16.1. The van der Waals surface area contributed by atoms with Gasteiger partial charge in [-0.25, -0.2) is 4.68 Å². The predicted octanol–water partition coefficient (Wildman–Crippen LogP) is 3.48. The summed E-state index contributed by atoms with van der Waals surface area (Å²) in [6.07, 6.45) is 6.68. The summed E-state index contributed by atoms with van der Waals surface area (Å²) in [5.41, 5.74) is 1.34. The second kappa shape index (κ2) is 7.45. The number of carbonyl (C=O) groups is 1. The zero-order chi connectivity index (χ0) is 17.2. The van der Waals surface area contributed by atoms with Gasteiger partial charge >= 0.3 is 0 Å². The molecule has 4 rings (SSSR count). The van der Waals surface area contributed by atoms with E-state index in [-0.39, 0.29) is 11.9 Å². The molecular weight excluding hydrogens is 354 g/mol. The number of amides is 1. The lowest BCUT2D eigenvalue weighted by Crippen LogP contribution is -2.40. The summed E-state index contributed by atoms with van der Waals surface area (Å²) < 4.78 is 1.93. The zero-order valence-electron chi connectivity index (χ0n) is 14.4. The van der Waals surface area contributed by atoms with Gasteiger partial charge in [-0.05, 0) is 53.1 Å². The molecule has 2 aromatic heterocycles. The molecule has 1 fully saturated rings. The number of fused-ring (bicyclic) bond motifs is 1. The predicted molar refractivity (Wildman–Crippen MR) is 98.8 cm³/mol. The van der Waals surface area contributed by atoms with E-state index < -0.39 is 0 Å². The number of aromatic nitrogens is 4. The van der Waals surface area contributed by atoms with Gasteiger partial charge in [0, 0.05) is 11.4 Å². The molecule has 0 bridgehead atoms. The summed E-state index contributed by atoms with van der Waals surface area (Å²) in [5.74, 6) is 0.595. The van der Waals surface area contributed by atoms with Crippen LogP contribution in [0.1, 0.15) is 61.6 Å². The number of hydrogen-bond donors (Lipinski definition) is 0. The van der Waals surface area contributed by atoms with Crippen LogP contribution in [0.3, 0.4) is 0 Å². The molecule has 1 saturated carbocycles. The number of carbonyl (C=O) groups excluding carboxylic acids is 1. The van der Waals surface area contributed by atoms with Crippen molar-refractivity contribution in [2.24, 2.45) is 0 Å². The van der Waals surface area contributed by atoms with Crippen LogP contribution in [0.15, 0.2) is 16.6 Å². The van der Waals surface area contributed by atoms with Gasteiger partial charge in [0.1, 0.15) is 0 Å². The van der Waals surface area contributed by atoms with Gasteiger partial charge in [-0.2, -0.15) is 0 Å². The lowest BCUT2D eigenvalue weighted by Gasteiger charge is -2.35. The maximum atomic E-state index is 12.9. The van der Waals surface area contributed by atoms with E-state index in [1.807, 2.05) is 20.9 Å². The van der Waals surface area contributed by atoms with E-state index in [4.69, 9.17) is 0 Å². The summed E-state index contributed by atoms with van der Waals surface area (Å²) in [6, 6.07) is 2.80. The molecule has 1 aliphatic carbocycles. The number of tetrazole rings is 1. The normalized spacial score (nSPS) is 20.8. The van der Waals surface area contributed by atoms with E-state index >= 15 is 0 Å². The Bertz CT molecular complexity index is 737. The van der Waals surface area contributed by atoms with Crippen molar-refractivity contribution >= 4 is 29.0 Å². The molecule has 6 nitrogen and oxygen atoms in total. The van der Waals surface area contributed by atoms with Gasteiger partial charge in [0.2, 0.25) is 11.1 Å². The van der Waals surface area contributed by atoms with Crippen molar-refractivity contribution in [1.29, 1.82) is 0 Å². The van der Waals surface area contributed by atoms with Crippen molar-refractivity contribution in [3.05, 3.63) is 21.9 Å². The first-order valence-electron chi connectivity index (χ1n) is 9.04. The third-order valence-corrected chi connectivity index (χ3v) is 7.17. The fraction of sp³-hybridized carbons (Fsp3) is 0.647. The van der Waals surface area contributed by atoms with Crippen molar-refractivity contribution in [3.8, 4) is 0 Å². The van der Waals surface area contributed by atoms with Gasteiger partial charge in [-0.1, -0.05) is 31.5 Å². The van der Waals surface area contributed by atoms with E-state index in [1.165, 1.54) is 35.0 Å². The highest BCUT2D eigenvalue weighted by atomic mass is 32.2. The van der Waals surface area contributed by atoms with Crippen molar-refractivity contribution in [2.45, 2.75) is 62.7 Å². The van der Waals surface area contributed by atoms with Crippen molar-refractivity contribution in [2.75, 3.05) is 12.3 Å². The van der Waals surface area contributed by atoms with E-state index in [1.54, 1.807) is 0 Å². The highest BCUT2D eigenvalue weighted by molar-refractivity contribution is 7.99. The van der Waals surface area contributed by atoms with Gasteiger partial charge in [-0.3, -0.25) is 4.79 Å². The van der Waals surface area contributed by atoms with E-state index in [9.17, 15) is 4.79 Å². The molecular formula is C17H23N5OS2. The third-order valence-electron chi connectivity index (χ3n) is 5.26. The van der Waals surface area contributed by atoms with E-state index in [2.05, 4.69) is 33.9 Å². The second-order valence-electron chi connectivity index (χ2n) is 6.69. The van der Waals surface area contributed by atoms with Crippen LogP contribution in [0.5, 0.6) is 0 Å². The molecule has 2 aromatic rings. The average Bonchev–Trinajstić information content (AvgIpc) is 3.38. The van der Waals surface area contributed by atoms with Crippen molar-refractivity contribution in [3.63, 3.8) is 0 Å². The molecule has 0 N–H and O–H groups in total. The molecule has 0 saturated heterocycles. The molecule has 1 aliphatic heterocycles. The lowest BCUT2D eigenvalue weighted by molar-refractivity contribution is -0.131. The minimum Gasteiger partial charge on any atom is -0.335 e. The SMILES string of the molecule is CCC1c2ccsc2CCN1C(=O)CSc1nnnn1C1CCCC1. The Balaban J connectivity index is 1.42. The molecule has 8 heteroatoms. The van der Waals surface area contributed by atoms with Crippen LogP contribution in [0.25, 0.3) is 0 Å². The summed E-state index contributed by atoms with van der Waals surface area (Å²) >= 11 is 3.29. The fourth-order valence-corrected chi connectivity index (χ4v) is 5.76. The van der Waals surface area contributed by atoms with Crippen LogP contribution in [0.2, 0.25) is 0 Å². The molecule has 25 heavy (non-hydrogen) atoms. The maximum absolute atomic E-state index is 12.9. The monoisotopic (exact) mass is 377 g/mol. The highest BCUT2D eigenvalue weighted by Gasteiger charge is 2.30. The Morgan fingerprint density at radius 1 is 1.40 bits per heavy atom. The molecule has 2 aliphatic rings. The van der Waals surface area contributed by atoms with Crippen LogP contribution >= 0.6 is 23.1 Å². The molecule has 0 spiro atoms. The second-order valence-corrected chi connectivity index (χ2v) is 8.64. The number of nitrogens with zero attached hydrogens (tertiary/aromatic N) is 5. The number of thiophene rings is 1. The Hall–Kier alpha value is -1.41. The first-order valence-corrected chi connectivity index (χ1v) is 10.9. The van der Waals surface area contributed by atoms with Crippen LogP contribution in [-0.4, -0.2) is 43.3 Å². The number of thioether (sulfide) groups is 1. The van der Waals surface area contributed by atoms with Crippen molar-refractivity contribution in [1.82, 2.24) is 25.1 Å². The Morgan fingerprint density at radius 2 is 2.24 bits per heavy atom. The fourth-order valence-electron chi connectivity index (χ4n) is 4.00. The molecule has 1 atom stereocenters. The molecule has 1 amide bonds. The third kappa shape index (κ3) is 3.33. The lowest BCUT2D eigenvalue weighted by atomic mass is 9.98. The van der Waals surface area contributed by atoms with E-state index in [0.717, 1.165) is 37.4 Å². The van der Waals surface area contributed by atoms with Crippen LogP contribution in [-0.2, 0) is 11.2 Å². The standard InChI is InChI=1S/C17H23N5OS2/c1-2-14-13-8-10-24-15(13)7-9-21(14)16(23)11-25-17-18-19-20-22(17)12-5-3-4-6-12/h8,10,12,14H,2-7,9,11H2,1H3. The Labute approximate surface area is 156 Å². The largest absolute Gasteiger partial charge is 0.335 e. The summed E-state index contributed by atoms with van der Waals surface area (Å²) in [6.45, 7) is 2.98. The molecule has 0 aromatic carbocycles. The first-order chi connectivity index (χ1) is 12.3. The van der Waals surface area contributed by atoms with Crippen LogP contribution < -0.4 is 0 Å². The smallest absolute Gasteiger partial charge is 0.233 e. The Morgan fingerprint density at radius 3 is 3.04 bits per heavy atom. The summed E-state index contributed by atoms with van der Waals surface area (Å²) in [5, 5.41) is 15.0. The minimum absolute atomic E-state index is 0.190. The van der Waals surface area contributed by atoms with E-state index in [0.29, 0.717) is 11.8 Å². The van der Waals surface area contributed by atoms with Gasteiger partial charge in [0.05, 0.1) is 17.8 Å². The first kappa shape index (κ1) is 17.0. The number of hydrogen-bond acceptors (Lipinski definition) is 6.